The molecule has 2 N–H and O–H groups in total. The van der Waals surface area contributed by atoms with Gasteiger partial charge in [0, 0.05) is 47.5 Å². The summed E-state index contributed by atoms with van der Waals surface area (Å²) in [4.78, 5) is 30.7. The number of hydrogen-bond donors (Lipinski definition) is 1. The van der Waals surface area contributed by atoms with Crippen LogP contribution >= 0.6 is 15.9 Å². The molecule has 7 heteroatoms. The monoisotopic (exact) mass is 496 g/mol. The van der Waals surface area contributed by atoms with Gasteiger partial charge in [-0.05, 0) is 67.9 Å². The highest BCUT2D eigenvalue weighted by atomic mass is 79.9. The van der Waals surface area contributed by atoms with Crippen LogP contribution in [0.4, 0.5) is 5.69 Å². The Kier molecular flexibility index (Phi) is 6.96. The Morgan fingerprint density at radius 1 is 1.06 bits per heavy atom. The molecular formula is C25H29BrN4O2. The predicted octanol–water partition coefficient (Wildman–Crippen LogP) is 3.80. The Balaban J connectivity index is 1.57. The molecule has 168 valence electrons. The highest BCUT2D eigenvalue weighted by molar-refractivity contribution is 9.10. The van der Waals surface area contributed by atoms with Gasteiger partial charge in [0.25, 0.3) is 5.91 Å². The molecule has 1 unspecified atom stereocenters. The maximum absolute atomic E-state index is 13.0. The SMILES string of the molecule is CN1CCCN(C(=O)c2ccc(C3C=C(c4cc(Br)ccc4N)CCN3C=O)cc2)CC1. The average molecular weight is 497 g/mol. The van der Waals surface area contributed by atoms with Gasteiger partial charge >= 0.3 is 0 Å². The molecule has 2 aliphatic heterocycles. The molecule has 0 aromatic heterocycles. The van der Waals surface area contributed by atoms with Crippen LogP contribution in [0.5, 0.6) is 0 Å². The summed E-state index contributed by atoms with van der Waals surface area (Å²) in [7, 11) is 2.09. The van der Waals surface area contributed by atoms with E-state index in [0.29, 0.717) is 12.1 Å². The van der Waals surface area contributed by atoms with Crippen molar-refractivity contribution in [3.8, 4) is 0 Å². The number of carbonyl (C=O) groups is 2. The average Bonchev–Trinajstić information content (AvgIpc) is 3.04. The largest absolute Gasteiger partial charge is 0.398 e. The molecule has 2 aliphatic rings. The van der Waals surface area contributed by atoms with Gasteiger partial charge in [-0.3, -0.25) is 9.59 Å². The zero-order chi connectivity index (χ0) is 22.7. The zero-order valence-corrected chi connectivity index (χ0v) is 19.9. The molecule has 0 aliphatic carbocycles. The molecule has 0 radical (unpaired) electrons. The van der Waals surface area contributed by atoms with E-state index < -0.39 is 0 Å². The summed E-state index contributed by atoms with van der Waals surface area (Å²) in [5.74, 6) is 0.0703. The van der Waals surface area contributed by atoms with Gasteiger partial charge in [0.15, 0.2) is 0 Å². The van der Waals surface area contributed by atoms with Crippen molar-refractivity contribution in [2.45, 2.75) is 18.9 Å². The number of carbonyl (C=O) groups excluding carboxylic acids is 2. The van der Waals surface area contributed by atoms with E-state index in [0.717, 1.165) is 72.3 Å². The third-order valence-corrected chi connectivity index (χ3v) is 6.85. The van der Waals surface area contributed by atoms with Gasteiger partial charge < -0.3 is 20.4 Å². The van der Waals surface area contributed by atoms with Gasteiger partial charge in [-0.2, -0.15) is 0 Å². The Hall–Kier alpha value is -2.64. The van der Waals surface area contributed by atoms with Gasteiger partial charge in [0.2, 0.25) is 6.41 Å². The van der Waals surface area contributed by atoms with E-state index in [9.17, 15) is 9.59 Å². The number of amides is 2. The Morgan fingerprint density at radius 2 is 1.84 bits per heavy atom. The first-order chi connectivity index (χ1) is 15.5. The lowest BCUT2D eigenvalue weighted by Crippen LogP contribution is -2.34. The quantitative estimate of drug-likeness (QED) is 0.516. The molecule has 6 nitrogen and oxygen atoms in total. The Morgan fingerprint density at radius 3 is 2.59 bits per heavy atom. The summed E-state index contributed by atoms with van der Waals surface area (Å²) < 4.78 is 0.972. The van der Waals surface area contributed by atoms with E-state index in [2.05, 4.69) is 34.0 Å². The van der Waals surface area contributed by atoms with Gasteiger partial charge in [-0.1, -0.05) is 34.1 Å². The highest BCUT2D eigenvalue weighted by Crippen LogP contribution is 2.36. The Labute approximate surface area is 197 Å². The normalized spacial score (nSPS) is 19.9. The van der Waals surface area contributed by atoms with E-state index in [1.54, 1.807) is 4.90 Å². The third kappa shape index (κ3) is 4.89. The first-order valence-electron chi connectivity index (χ1n) is 11.0. The summed E-state index contributed by atoms with van der Waals surface area (Å²) in [6.07, 6.45) is 4.74. The molecule has 0 saturated carbocycles. The maximum Gasteiger partial charge on any atom is 0.253 e. The van der Waals surface area contributed by atoms with Crippen molar-refractivity contribution < 1.29 is 9.59 Å². The van der Waals surface area contributed by atoms with Crippen LogP contribution in [0.3, 0.4) is 0 Å². The van der Waals surface area contributed by atoms with E-state index >= 15 is 0 Å². The van der Waals surface area contributed by atoms with Crippen LogP contribution in [-0.4, -0.2) is 66.8 Å². The van der Waals surface area contributed by atoms with Crippen molar-refractivity contribution in [3.05, 3.63) is 69.7 Å². The standard InChI is InChI=1S/C25H29BrN4O2/c1-28-10-2-11-29(14-13-28)25(32)19-5-3-18(4-6-19)24-15-20(9-12-30(24)17-31)22-16-21(26)7-8-23(22)27/h3-8,15-17,24H,2,9-14,27H2,1H3. The molecule has 2 aromatic rings. The zero-order valence-electron chi connectivity index (χ0n) is 18.3. The smallest absolute Gasteiger partial charge is 0.253 e. The second kappa shape index (κ2) is 9.88. The number of hydrogen-bond acceptors (Lipinski definition) is 4. The van der Waals surface area contributed by atoms with Gasteiger partial charge in [-0.25, -0.2) is 0 Å². The van der Waals surface area contributed by atoms with Crippen LogP contribution in [0.1, 0.15) is 40.4 Å². The van der Waals surface area contributed by atoms with Crippen molar-refractivity contribution in [1.82, 2.24) is 14.7 Å². The molecule has 0 spiro atoms. The molecule has 32 heavy (non-hydrogen) atoms. The van der Waals surface area contributed by atoms with Gasteiger partial charge in [0.05, 0.1) is 6.04 Å². The molecule has 2 heterocycles. The molecule has 2 amide bonds. The first kappa shape index (κ1) is 22.6. The second-order valence-electron chi connectivity index (χ2n) is 8.53. The number of halogens is 1. The number of rotatable bonds is 4. The minimum atomic E-state index is -0.189. The van der Waals surface area contributed by atoms with E-state index in [-0.39, 0.29) is 11.9 Å². The van der Waals surface area contributed by atoms with Crippen LogP contribution < -0.4 is 5.73 Å². The highest BCUT2D eigenvalue weighted by Gasteiger charge is 2.25. The second-order valence-corrected chi connectivity index (χ2v) is 9.45. The molecule has 2 aromatic carbocycles. The number of benzene rings is 2. The van der Waals surface area contributed by atoms with E-state index in [4.69, 9.17) is 5.73 Å². The Bertz CT molecular complexity index is 1020. The number of nitrogens with two attached hydrogens (primary N) is 1. The third-order valence-electron chi connectivity index (χ3n) is 6.36. The van der Waals surface area contributed by atoms with Crippen molar-refractivity contribution >= 4 is 39.5 Å². The van der Waals surface area contributed by atoms with E-state index in [1.807, 2.05) is 47.4 Å². The lowest BCUT2D eigenvalue weighted by molar-refractivity contribution is -0.119. The molecule has 4 rings (SSSR count). The summed E-state index contributed by atoms with van der Waals surface area (Å²) >= 11 is 3.52. The van der Waals surface area contributed by atoms with Crippen molar-refractivity contribution in [3.63, 3.8) is 0 Å². The lowest BCUT2D eigenvalue weighted by Gasteiger charge is -2.32. The van der Waals surface area contributed by atoms with Gasteiger partial charge in [-0.15, -0.1) is 0 Å². The first-order valence-corrected chi connectivity index (χ1v) is 11.8. The fourth-order valence-electron chi connectivity index (χ4n) is 4.45. The minimum Gasteiger partial charge on any atom is -0.398 e. The van der Waals surface area contributed by atoms with Crippen molar-refractivity contribution in [2.75, 3.05) is 45.5 Å². The van der Waals surface area contributed by atoms with Crippen molar-refractivity contribution in [1.29, 1.82) is 0 Å². The van der Waals surface area contributed by atoms with Crippen LogP contribution in [0, 0.1) is 0 Å². The number of nitrogens with zero attached hydrogens (tertiary/aromatic N) is 3. The lowest BCUT2D eigenvalue weighted by atomic mass is 9.91. The number of likely N-dealkylation sites (N-methyl/N-ethyl adjacent to an activating group) is 1. The van der Waals surface area contributed by atoms with Crippen LogP contribution in [-0.2, 0) is 4.79 Å². The summed E-state index contributed by atoms with van der Waals surface area (Å²) in [6, 6.07) is 13.3. The molecular weight excluding hydrogens is 468 g/mol. The topological polar surface area (TPSA) is 69.9 Å². The number of nitrogen functional groups attached to an aromatic ring is 1. The van der Waals surface area contributed by atoms with Gasteiger partial charge in [0.1, 0.15) is 0 Å². The number of anilines is 1. The summed E-state index contributed by atoms with van der Waals surface area (Å²) in [6.45, 7) is 4.06. The van der Waals surface area contributed by atoms with Crippen LogP contribution in [0.2, 0.25) is 0 Å². The molecule has 1 fully saturated rings. The summed E-state index contributed by atoms with van der Waals surface area (Å²) in [5.41, 5.74) is 10.7. The van der Waals surface area contributed by atoms with Crippen molar-refractivity contribution in [2.24, 2.45) is 0 Å². The van der Waals surface area contributed by atoms with Crippen LogP contribution in [0.25, 0.3) is 5.57 Å². The molecule has 1 saturated heterocycles. The fourth-order valence-corrected chi connectivity index (χ4v) is 4.81. The van der Waals surface area contributed by atoms with Crippen LogP contribution in [0.15, 0.2) is 53.0 Å². The minimum absolute atomic E-state index is 0.0703. The van der Waals surface area contributed by atoms with E-state index in [1.165, 1.54) is 0 Å². The maximum atomic E-state index is 13.0. The summed E-state index contributed by atoms with van der Waals surface area (Å²) in [5, 5.41) is 0. The predicted molar refractivity (Wildman–Crippen MR) is 131 cm³/mol. The molecule has 0 bridgehead atoms. The fraction of sp³-hybridized carbons (Fsp3) is 0.360. The molecule has 1 atom stereocenters.